The first kappa shape index (κ1) is 62.0. The van der Waals surface area contributed by atoms with E-state index >= 15 is 0 Å². The quantitative estimate of drug-likeness (QED) is 0.137. The summed E-state index contributed by atoms with van der Waals surface area (Å²) in [5.74, 6) is 3.08. The molecule has 8 heterocycles. The summed E-state index contributed by atoms with van der Waals surface area (Å²) in [7, 11) is 0. The van der Waals surface area contributed by atoms with E-state index in [0.717, 1.165) is 130 Å². The lowest BCUT2D eigenvalue weighted by Gasteiger charge is -2.43. The lowest BCUT2D eigenvalue weighted by molar-refractivity contribution is 0.465. The first-order valence-corrected chi connectivity index (χ1v) is 38.5. The average Bonchev–Trinajstić information content (AvgIpc) is 1.22. The second-order valence-electron chi connectivity index (χ2n) is 30.5. The van der Waals surface area contributed by atoms with Crippen molar-refractivity contribution < 1.29 is 9.47 Å². The zero-order valence-electron chi connectivity index (χ0n) is 61.1. The summed E-state index contributed by atoms with van der Waals surface area (Å²) in [5, 5.41) is 9.12. The molecule has 18 aromatic rings. The van der Waals surface area contributed by atoms with Crippen LogP contribution in [0.1, 0.15) is 16.7 Å². The van der Waals surface area contributed by atoms with Crippen molar-refractivity contribution in [3.05, 3.63) is 356 Å². The summed E-state index contributed by atoms with van der Waals surface area (Å²) < 4.78 is 20.8. The van der Waals surface area contributed by atoms with Crippen molar-refractivity contribution >= 4 is 193 Å². The van der Waals surface area contributed by atoms with Crippen LogP contribution in [-0.4, -0.2) is 29.3 Å². The van der Waals surface area contributed by atoms with Crippen LogP contribution in [0.25, 0.3) is 55.0 Å². The normalized spacial score (nSPS) is 13.1. The summed E-state index contributed by atoms with van der Waals surface area (Å²) in [4.78, 5) is 9.75. The zero-order valence-corrected chi connectivity index (χ0v) is 61.1. The van der Waals surface area contributed by atoms with Gasteiger partial charge in [0.1, 0.15) is 23.0 Å². The van der Waals surface area contributed by atoms with Gasteiger partial charge in [-0.15, -0.1) is 0 Å². The molecule has 0 atom stereocenters. The summed E-state index contributed by atoms with van der Waals surface area (Å²) in [6.07, 6.45) is 0. The smallest absolute Gasteiger partial charge is 0.260 e. The number of fused-ring (bicyclic) bond motifs is 18. The molecule has 0 saturated carbocycles. The van der Waals surface area contributed by atoms with Gasteiger partial charge in [-0.3, -0.25) is 0 Å². The highest BCUT2D eigenvalue weighted by atomic mass is 16.5. The van der Waals surface area contributed by atoms with E-state index in [9.17, 15) is 0 Å². The molecule has 0 bridgehead atoms. The van der Waals surface area contributed by atoms with Gasteiger partial charge in [-0.2, -0.15) is 0 Å². The first-order chi connectivity index (χ1) is 54.8. The molecule has 6 aliphatic heterocycles. The number of aromatic nitrogens is 2. The molecule has 0 saturated heterocycles. The third-order valence-electron chi connectivity index (χ3n) is 24.3. The fraction of sp³-hybridized carbons (Fsp3) is 0.0303. The Labute approximate surface area is 643 Å². The lowest BCUT2D eigenvalue weighted by Crippen LogP contribution is -2.64. The highest BCUT2D eigenvalue weighted by Crippen LogP contribution is 2.51. The SMILES string of the molecule is Cc1cc(C)c(N2c3cc4c(cc3B3c5c2cc(N(c2ccccc2)c2ccccc2)cc5-n2c5ccccc5c5cccc3c52)B2c3cc5c(cc3Oc3cc(N(c6ccccc6)c6ccccc6)cc(c32)O4)Nc2cc(N(c3ccccc3)c3ccccc3)cc3c2B5c2cccc4c5ccccc5n-3c24)c(C)c1. The monoisotopic (exact) mass is 1420 g/mol. The second kappa shape index (κ2) is 23.5. The maximum atomic E-state index is 7.92. The number of para-hydroxylation sites is 10. The molecule has 1 N–H and O–H groups in total. The van der Waals surface area contributed by atoms with Gasteiger partial charge in [0, 0.05) is 131 Å². The Bertz CT molecular complexity index is 6870. The van der Waals surface area contributed by atoms with E-state index in [-0.39, 0.29) is 20.1 Å². The second-order valence-corrected chi connectivity index (χ2v) is 30.5. The Morgan fingerprint density at radius 2 is 0.658 bits per heavy atom. The fourth-order valence-corrected chi connectivity index (χ4v) is 20.1. The molecule has 0 unspecified atom stereocenters. The van der Waals surface area contributed by atoms with Crippen molar-refractivity contribution in [2.24, 2.45) is 0 Å². The first-order valence-electron chi connectivity index (χ1n) is 38.5. The number of hydrogen-bond acceptors (Lipinski definition) is 7. The molecular weight excluding hydrogens is 1350 g/mol. The Hall–Kier alpha value is -14.1. The molecule has 2 aromatic heterocycles. The average molecular weight is 1420 g/mol. The van der Waals surface area contributed by atoms with E-state index in [4.69, 9.17) is 9.47 Å². The number of ether oxygens (including phenoxy) is 2. The third kappa shape index (κ3) is 8.92. The minimum absolute atomic E-state index is 0.173. The highest BCUT2D eigenvalue weighted by Gasteiger charge is 2.49. The molecule has 0 aliphatic carbocycles. The fourth-order valence-electron chi connectivity index (χ4n) is 20.1. The van der Waals surface area contributed by atoms with Gasteiger partial charge in [0.05, 0.1) is 33.8 Å². The summed E-state index contributed by atoms with van der Waals surface area (Å²) in [6.45, 7) is 6.06. The number of hydrogen-bond donors (Lipinski definition) is 1. The highest BCUT2D eigenvalue weighted by molar-refractivity contribution is 7.04. The Morgan fingerprint density at radius 1 is 0.270 bits per heavy atom. The number of nitrogens with one attached hydrogen (secondary N) is 1. The maximum Gasteiger partial charge on any atom is 0.260 e. The number of nitrogens with zero attached hydrogens (tertiary/aromatic N) is 6. The molecule has 0 radical (unpaired) electrons. The molecular formula is C99H66B3N7O2. The molecule has 16 aromatic carbocycles. The minimum atomic E-state index is -0.357. The number of benzene rings is 16. The summed E-state index contributed by atoms with van der Waals surface area (Å²) in [5.41, 5.74) is 36.0. The van der Waals surface area contributed by atoms with E-state index in [1.807, 2.05) is 0 Å². The maximum absolute atomic E-state index is 7.92. The topological polar surface area (TPSA) is 53.3 Å². The van der Waals surface area contributed by atoms with Crippen LogP contribution in [0.5, 0.6) is 23.0 Å². The van der Waals surface area contributed by atoms with Crippen LogP contribution in [0, 0.1) is 20.8 Å². The van der Waals surface area contributed by atoms with Gasteiger partial charge < -0.3 is 43.5 Å². The van der Waals surface area contributed by atoms with Crippen molar-refractivity contribution in [2.75, 3.05) is 24.9 Å². The molecule has 0 spiro atoms. The predicted octanol–water partition coefficient (Wildman–Crippen LogP) is 19.4. The van der Waals surface area contributed by atoms with Gasteiger partial charge in [-0.05, 0) is 185 Å². The molecule has 24 rings (SSSR count). The zero-order chi connectivity index (χ0) is 73.0. The van der Waals surface area contributed by atoms with E-state index in [1.165, 1.54) is 93.1 Å². The van der Waals surface area contributed by atoms with Crippen molar-refractivity contribution in [1.82, 2.24) is 9.13 Å². The molecule has 518 valence electrons. The van der Waals surface area contributed by atoms with E-state index in [2.05, 4.69) is 395 Å². The minimum Gasteiger partial charge on any atom is -0.458 e. The molecule has 0 amide bonds. The van der Waals surface area contributed by atoms with Gasteiger partial charge in [0.15, 0.2) is 0 Å². The van der Waals surface area contributed by atoms with Crippen LogP contribution in [0.15, 0.2) is 340 Å². The van der Waals surface area contributed by atoms with Crippen LogP contribution < -0.4 is 83.6 Å². The van der Waals surface area contributed by atoms with Crippen LogP contribution in [0.4, 0.5) is 79.6 Å². The largest absolute Gasteiger partial charge is 0.458 e. The molecule has 111 heavy (non-hydrogen) atoms. The standard InChI is InChI=1S/C99H66B3N7O2/c1-60-48-61(2)97(62(3)49-60)109-86-59-91-81(57-79(86)101-77-45-27-43-75-73-41-23-25-47-85(73)108(99(75)77)88-52-70(53-89(109)95(88)101)105(65-32-14-6-15-33-65)66-34-16-7-17-35-66)102-80-56-78-82(58-90(80)110-92-54-71(55-93(111-91)96(92)102)106(67-36-18-8-19-37-67)68-38-20-9-21-39-68)103-83-50-69(104(63-28-10-4-11-29-63)64-30-12-5-13-31-64)51-87-94(83)100(78)76-44-26-42-74-72-40-22-24-46-84(72)107(87)98(74)76/h4-59,103H,1-3H3. The lowest BCUT2D eigenvalue weighted by atomic mass is 9.30. The molecule has 6 aliphatic rings. The third-order valence-corrected chi connectivity index (χ3v) is 24.3. The molecule has 9 nitrogen and oxygen atoms in total. The van der Waals surface area contributed by atoms with Crippen molar-refractivity contribution in [2.45, 2.75) is 20.8 Å². The molecule has 0 fully saturated rings. The van der Waals surface area contributed by atoms with E-state index < -0.39 is 0 Å². The van der Waals surface area contributed by atoms with E-state index in [0.29, 0.717) is 0 Å². The Balaban J connectivity index is 0.784. The van der Waals surface area contributed by atoms with E-state index in [1.54, 1.807) is 0 Å². The number of anilines is 14. The van der Waals surface area contributed by atoms with Crippen LogP contribution >= 0.6 is 0 Å². The molecule has 12 heteroatoms. The summed E-state index contributed by atoms with van der Waals surface area (Å²) >= 11 is 0. The van der Waals surface area contributed by atoms with Crippen molar-refractivity contribution in [1.29, 1.82) is 0 Å². The Morgan fingerprint density at radius 3 is 1.14 bits per heavy atom. The van der Waals surface area contributed by atoms with Crippen LogP contribution in [0.3, 0.4) is 0 Å². The predicted molar refractivity (Wildman–Crippen MR) is 465 cm³/mol. The van der Waals surface area contributed by atoms with Crippen LogP contribution in [-0.2, 0) is 0 Å². The van der Waals surface area contributed by atoms with Gasteiger partial charge in [-0.1, -0.05) is 212 Å². The van der Waals surface area contributed by atoms with Gasteiger partial charge in [0.25, 0.3) is 20.1 Å². The van der Waals surface area contributed by atoms with Crippen molar-refractivity contribution in [3.63, 3.8) is 0 Å². The number of aryl methyl sites for hydroxylation is 3. The number of rotatable bonds is 10. The Kier molecular flexibility index (Phi) is 13.1. The van der Waals surface area contributed by atoms with Gasteiger partial charge >= 0.3 is 0 Å². The van der Waals surface area contributed by atoms with Crippen molar-refractivity contribution in [3.8, 4) is 34.4 Å². The van der Waals surface area contributed by atoms with Crippen LogP contribution in [0.2, 0.25) is 0 Å². The summed E-state index contributed by atoms with van der Waals surface area (Å²) in [6, 6.07) is 125. The van der Waals surface area contributed by atoms with Gasteiger partial charge in [0.2, 0.25) is 0 Å². The van der Waals surface area contributed by atoms with Gasteiger partial charge in [-0.25, -0.2) is 0 Å².